The Morgan fingerprint density at radius 2 is 2.09 bits per heavy atom. The van der Waals surface area contributed by atoms with Crippen molar-refractivity contribution >= 4 is 27.7 Å². The van der Waals surface area contributed by atoms with Gasteiger partial charge in [-0.2, -0.15) is 0 Å². The second-order valence-electron chi connectivity index (χ2n) is 5.58. The third kappa shape index (κ3) is 3.53. The Morgan fingerprint density at radius 3 is 2.74 bits per heavy atom. The van der Waals surface area contributed by atoms with Gasteiger partial charge in [0.1, 0.15) is 5.76 Å². The second-order valence-corrected chi connectivity index (χ2v) is 7.44. The van der Waals surface area contributed by atoms with Crippen molar-refractivity contribution in [3.8, 4) is 11.4 Å². The van der Waals surface area contributed by atoms with Crippen LogP contribution in [-0.4, -0.2) is 14.8 Å². The van der Waals surface area contributed by atoms with E-state index in [-0.39, 0.29) is 6.04 Å². The van der Waals surface area contributed by atoms with E-state index >= 15 is 0 Å². The zero-order chi connectivity index (χ0) is 16.4. The lowest BCUT2D eigenvalue weighted by Gasteiger charge is -2.13. The first-order valence-electron chi connectivity index (χ1n) is 7.43. The highest BCUT2D eigenvalue weighted by atomic mass is 79.9. The molecule has 0 saturated heterocycles. The zero-order valence-corrected chi connectivity index (χ0v) is 15.7. The largest absolute Gasteiger partial charge is 0.469 e. The summed E-state index contributed by atoms with van der Waals surface area (Å²) in [6.45, 7) is 6.24. The molecule has 0 N–H and O–H groups in total. The number of nitrogens with zero attached hydrogens (tertiary/aromatic N) is 3. The maximum atomic E-state index is 5.41. The van der Waals surface area contributed by atoms with E-state index in [1.54, 1.807) is 18.0 Å². The molecule has 0 spiro atoms. The van der Waals surface area contributed by atoms with Crippen LogP contribution in [-0.2, 0) is 5.75 Å². The van der Waals surface area contributed by atoms with Crippen molar-refractivity contribution < 1.29 is 4.42 Å². The first-order chi connectivity index (χ1) is 11.1. The molecule has 120 valence electrons. The standard InChI is InChI=1S/C17H18BrN3OS/c1-11(2)21-16(15-7-8-22-12(15)3)19-20-17(21)23-10-13-5-4-6-14(18)9-13/h4-9,11H,10H2,1-3H3. The summed E-state index contributed by atoms with van der Waals surface area (Å²) in [7, 11) is 0. The van der Waals surface area contributed by atoms with Gasteiger partial charge in [-0.05, 0) is 44.5 Å². The van der Waals surface area contributed by atoms with Crippen molar-refractivity contribution in [3.63, 3.8) is 0 Å². The van der Waals surface area contributed by atoms with Crippen molar-refractivity contribution in [3.05, 3.63) is 52.4 Å². The van der Waals surface area contributed by atoms with E-state index < -0.39 is 0 Å². The van der Waals surface area contributed by atoms with Gasteiger partial charge in [0, 0.05) is 16.3 Å². The van der Waals surface area contributed by atoms with Crippen molar-refractivity contribution in [2.75, 3.05) is 0 Å². The van der Waals surface area contributed by atoms with E-state index in [1.807, 2.05) is 25.1 Å². The second kappa shape index (κ2) is 6.93. The molecule has 0 amide bonds. The number of benzene rings is 1. The van der Waals surface area contributed by atoms with Gasteiger partial charge >= 0.3 is 0 Å². The molecule has 0 fully saturated rings. The van der Waals surface area contributed by atoms with E-state index in [0.29, 0.717) is 0 Å². The lowest BCUT2D eigenvalue weighted by atomic mass is 10.2. The highest BCUT2D eigenvalue weighted by Crippen LogP contribution is 2.31. The molecule has 1 aromatic carbocycles. The molecule has 0 unspecified atom stereocenters. The van der Waals surface area contributed by atoms with Crippen LogP contribution in [0.25, 0.3) is 11.4 Å². The topological polar surface area (TPSA) is 43.9 Å². The predicted octanol–water partition coefficient (Wildman–Crippen LogP) is 5.48. The lowest BCUT2D eigenvalue weighted by molar-refractivity contribution is 0.531. The Morgan fingerprint density at radius 1 is 1.26 bits per heavy atom. The molecule has 2 heterocycles. The van der Waals surface area contributed by atoms with Crippen molar-refractivity contribution in [1.82, 2.24) is 14.8 Å². The van der Waals surface area contributed by atoms with Gasteiger partial charge < -0.3 is 4.42 Å². The first-order valence-corrected chi connectivity index (χ1v) is 9.20. The first kappa shape index (κ1) is 16.3. The number of furan rings is 1. The summed E-state index contributed by atoms with van der Waals surface area (Å²) < 4.78 is 8.67. The maximum absolute atomic E-state index is 5.41. The monoisotopic (exact) mass is 391 g/mol. The molecule has 0 saturated carbocycles. The number of aromatic nitrogens is 3. The van der Waals surface area contributed by atoms with Gasteiger partial charge in [-0.1, -0.05) is 39.8 Å². The molecule has 23 heavy (non-hydrogen) atoms. The van der Waals surface area contributed by atoms with E-state index in [4.69, 9.17) is 4.42 Å². The normalized spacial score (nSPS) is 11.3. The van der Waals surface area contributed by atoms with Crippen LogP contribution >= 0.6 is 27.7 Å². The number of thioether (sulfide) groups is 1. The van der Waals surface area contributed by atoms with E-state index in [1.165, 1.54) is 5.56 Å². The van der Waals surface area contributed by atoms with Gasteiger partial charge in [0.25, 0.3) is 0 Å². The van der Waals surface area contributed by atoms with Crippen LogP contribution in [0.15, 0.2) is 50.6 Å². The summed E-state index contributed by atoms with van der Waals surface area (Å²) in [6.07, 6.45) is 1.69. The quantitative estimate of drug-likeness (QED) is 0.539. The molecule has 0 bridgehead atoms. The molecule has 4 nitrogen and oxygen atoms in total. The molecular weight excluding hydrogens is 374 g/mol. The molecule has 0 aliphatic carbocycles. The molecule has 0 aliphatic rings. The Hall–Kier alpha value is -1.53. The van der Waals surface area contributed by atoms with Crippen LogP contribution < -0.4 is 0 Å². The number of aryl methyl sites for hydroxylation is 1. The number of hydrogen-bond donors (Lipinski definition) is 0. The summed E-state index contributed by atoms with van der Waals surface area (Å²) in [5, 5.41) is 9.71. The third-order valence-corrected chi connectivity index (χ3v) is 5.05. The van der Waals surface area contributed by atoms with Gasteiger partial charge in [-0.3, -0.25) is 4.57 Å². The number of rotatable bonds is 5. The fourth-order valence-corrected chi connectivity index (χ4v) is 3.87. The van der Waals surface area contributed by atoms with Crippen LogP contribution in [0.4, 0.5) is 0 Å². The fraction of sp³-hybridized carbons (Fsp3) is 0.294. The third-order valence-electron chi connectivity index (χ3n) is 3.54. The van der Waals surface area contributed by atoms with Crippen molar-refractivity contribution in [2.45, 2.75) is 37.7 Å². The van der Waals surface area contributed by atoms with Gasteiger partial charge in [-0.25, -0.2) is 0 Å². The Kier molecular flexibility index (Phi) is 4.92. The highest BCUT2D eigenvalue weighted by Gasteiger charge is 2.19. The molecular formula is C17H18BrN3OS. The maximum Gasteiger partial charge on any atom is 0.192 e. The van der Waals surface area contributed by atoms with Crippen LogP contribution in [0, 0.1) is 6.92 Å². The minimum atomic E-state index is 0.277. The molecule has 2 aromatic heterocycles. The van der Waals surface area contributed by atoms with Gasteiger partial charge in [-0.15, -0.1) is 10.2 Å². The average Bonchev–Trinajstić information content (AvgIpc) is 3.10. The Bertz CT molecular complexity index is 810. The van der Waals surface area contributed by atoms with Crippen molar-refractivity contribution in [2.24, 2.45) is 0 Å². The summed E-state index contributed by atoms with van der Waals surface area (Å²) in [5.74, 6) is 2.58. The van der Waals surface area contributed by atoms with Crippen LogP contribution in [0.1, 0.15) is 31.2 Å². The fourth-order valence-electron chi connectivity index (χ4n) is 2.42. The minimum absolute atomic E-state index is 0.277. The SMILES string of the molecule is Cc1occc1-c1nnc(SCc2cccc(Br)c2)n1C(C)C. The minimum Gasteiger partial charge on any atom is -0.469 e. The predicted molar refractivity (Wildman–Crippen MR) is 96.5 cm³/mol. The highest BCUT2D eigenvalue weighted by molar-refractivity contribution is 9.10. The molecule has 3 rings (SSSR count). The molecule has 0 atom stereocenters. The number of halogens is 1. The van der Waals surface area contributed by atoms with E-state index in [0.717, 1.165) is 32.5 Å². The van der Waals surface area contributed by atoms with Gasteiger partial charge in [0.15, 0.2) is 11.0 Å². The Balaban J connectivity index is 1.88. The summed E-state index contributed by atoms with van der Waals surface area (Å²) in [4.78, 5) is 0. The van der Waals surface area contributed by atoms with Gasteiger partial charge in [0.2, 0.25) is 0 Å². The van der Waals surface area contributed by atoms with Crippen LogP contribution in [0.2, 0.25) is 0 Å². The van der Waals surface area contributed by atoms with Crippen molar-refractivity contribution in [1.29, 1.82) is 0 Å². The molecule has 0 radical (unpaired) electrons. The summed E-state index contributed by atoms with van der Waals surface area (Å²) in [5.41, 5.74) is 2.25. The number of hydrogen-bond acceptors (Lipinski definition) is 4. The summed E-state index contributed by atoms with van der Waals surface area (Å²) in [6, 6.07) is 10.6. The summed E-state index contributed by atoms with van der Waals surface area (Å²) >= 11 is 5.21. The van der Waals surface area contributed by atoms with E-state index in [2.05, 4.69) is 56.7 Å². The molecule has 6 heteroatoms. The van der Waals surface area contributed by atoms with Crippen LogP contribution in [0.5, 0.6) is 0 Å². The van der Waals surface area contributed by atoms with Crippen LogP contribution in [0.3, 0.4) is 0 Å². The van der Waals surface area contributed by atoms with E-state index in [9.17, 15) is 0 Å². The zero-order valence-electron chi connectivity index (χ0n) is 13.3. The smallest absolute Gasteiger partial charge is 0.192 e. The average molecular weight is 392 g/mol. The Labute approximate surface area is 148 Å². The molecule has 0 aliphatic heterocycles. The lowest BCUT2D eigenvalue weighted by Crippen LogP contribution is -2.05. The van der Waals surface area contributed by atoms with Gasteiger partial charge in [0.05, 0.1) is 11.8 Å². The molecule has 3 aromatic rings.